The van der Waals surface area contributed by atoms with Crippen molar-refractivity contribution in [1.29, 1.82) is 4.78 Å². The summed E-state index contributed by atoms with van der Waals surface area (Å²) in [6.07, 6.45) is 8.89. The zero-order chi connectivity index (χ0) is 15.2. The third kappa shape index (κ3) is 2.48. The first kappa shape index (κ1) is 13.4. The summed E-state index contributed by atoms with van der Waals surface area (Å²) in [6.45, 7) is 0. The van der Waals surface area contributed by atoms with Crippen molar-refractivity contribution in [2.24, 2.45) is 5.92 Å². The highest BCUT2D eigenvalue weighted by molar-refractivity contribution is 7.92. The van der Waals surface area contributed by atoms with E-state index in [0.29, 0.717) is 16.6 Å². The maximum absolute atomic E-state index is 12.6. The van der Waals surface area contributed by atoms with Gasteiger partial charge in [0.15, 0.2) is 0 Å². The van der Waals surface area contributed by atoms with Gasteiger partial charge in [-0.05, 0) is 37.0 Å². The standard InChI is InChI=1S/C15H15N5OS/c16-22(21,9-11-1-2-11)14-3-4-15-12(5-14)8-20(19-15)13-6-17-10-18-7-13/h3-8,10-11,16H,1-2,9H2. The number of nitrogens with one attached hydrogen (secondary N) is 1. The van der Waals surface area contributed by atoms with E-state index in [1.807, 2.05) is 18.3 Å². The molecule has 0 amide bonds. The summed E-state index contributed by atoms with van der Waals surface area (Å²) >= 11 is 0. The van der Waals surface area contributed by atoms with Crippen molar-refractivity contribution in [3.05, 3.63) is 43.1 Å². The van der Waals surface area contributed by atoms with Crippen LogP contribution in [-0.4, -0.2) is 29.7 Å². The number of aromatic nitrogens is 4. The summed E-state index contributed by atoms with van der Waals surface area (Å²) in [5.41, 5.74) is 1.57. The van der Waals surface area contributed by atoms with Crippen molar-refractivity contribution in [3.63, 3.8) is 0 Å². The van der Waals surface area contributed by atoms with Gasteiger partial charge < -0.3 is 0 Å². The van der Waals surface area contributed by atoms with Gasteiger partial charge in [0.2, 0.25) is 0 Å². The Hall–Kier alpha value is -2.28. The fourth-order valence-corrected chi connectivity index (χ4v) is 4.26. The molecule has 2 aromatic heterocycles. The summed E-state index contributed by atoms with van der Waals surface area (Å²) in [5, 5.41) is 5.33. The van der Waals surface area contributed by atoms with Gasteiger partial charge in [-0.3, -0.25) is 0 Å². The predicted octanol–water partition coefficient (Wildman–Crippen LogP) is 2.63. The van der Waals surface area contributed by atoms with Crippen LogP contribution in [0.1, 0.15) is 12.8 Å². The van der Waals surface area contributed by atoms with E-state index in [0.717, 1.165) is 29.4 Å². The largest absolute Gasteiger partial charge is 0.249 e. The molecule has 0 radical (unpaired) electrons. The second-order valence-electron chi connectivity index (χ2n) is 5.68. The topological polar surface area (TPSA) is 84.5 Å². The number of nitrogens with zero attached hydrogens (tertiary/aromatic N) is 4. The molecule has 1 aliphatic carbocycles. The first-order valence-corrected chi connectivity index (χ1v) is 8.86. The molecule has 1 saturated carbocycles. The zero-order valence-corrected chi connectivity index (χ0v) is 12.7. The van der Waals surface area contributed by atoms with Crippen LogP contribution in [0.25, 0.3) is 16.6 Å². The SMILES string of the molecule is N=S(=O)(CC1CC1)c1ccc2nn(-c3cncnc3)cc2c1. The molecule has 0 aliphatic heterocycles. The van der Waals surface area contributed by atoms with E-state index in [9.17, 15) is 4.21 Å². The summed E-state index contributed by atoms with van der Waals surface area (Å²) in [7, 11) is -2.71. The molecule has 22 heavy (non-hydrogen) atoms. The van der Waals surface area contributed by atoms with Gasteiger partial charge in [0, 0.05) is 22.2 Å². The number of fused-ring (bicyclic) bond motifs is 1. The quantitative estimate of drug-likeness (QED) is 0.802. The first-order valence-electron chi connectivity index (χ1n) is 7.13. The van der Waals surface area contributed by atoms with Crippen molar-refractivity contribution >= 4 is 20.6 Å². The molecular formula is C15H15N5OS. The Kier molecular flexibility index (Phi) is 2.97. The molecule has 1 atom stereocenters. The van der Waals surface area contributed by atoms with Crippen molar-refractivity contribution < 1.29 is 4.21 Å². The molecule has 6 nitrogen and oxygen atoms in total. The molecule has 2 heterocycles. The Morgan fingerprint density at radius 2 is 2.05 bits per heavy atom. The van der Waals surface area contributed by atoms with Gasteiger partial charge in [0.05, 0.1) is 27.6 Å². The predicted molar refractivity (Wildman–Crippen MR) is 83.4 cm³/mol. The lowest BCUT2D eigenvalue weighted by Crippen LogP contribution is -2.06. The van der Waals surface area contributed by atoms with Crippen molar-refractivity contribution in [3.8, 4) is 5.69 Å². The lowest BCUT2D eigenvalue weighted by atomic mass is 10.3. The van der Waals surface area contributed by atoms with Crippen LogP contribution in [0.4, 0.5) is 0 Å². The van der Waals surface area contributed by atoms with Crippen molar-refractivity contribution in [1.82, 2.24) is 19.7 Å². The summed E-state index contributed by atoms with van der Waals surface area (Å²) in [5.74, 6) is 0.934. The molecular weight excluding hydrogens is 298 g/mol. The summed E-state index contributed by atoms with van der Waals surface area (Å²) < 4.78 is 22.4. The van der Waals surface area contributed by atoms with E-state index in [-0.39, 0.29) is 0 Å². The van der Waals surface area contributed by atoms with E-state index < -0.39 is 9.73 Å². The van der Waals surface area contributed by atoms with Gasteiger partial charge >= 0.3 is 0 Å². The Balaban J connectivity index is 1.75. The van der Waals surface area contributed by atoms with Gasteiger partial charge in [-0.2, -0.15) is 5.10 Å². The molecule has 7 heteroatoms. The molecule has 1 N–H and O–H groups in total. The monoisotopic (exact) mass is 313 g/mol. The van der Waals surface area contributed by atoms with Gasteiger partial charge in [0.1, 0.15) is 12.0 Å². The van der Waals surface area contributed by atoms with Crippen LogP contribution >= 0.6 is 0 Å². The minimum absolute atomic E-state index is 0.463. The van der Waals surface area contributed by atoms with E-state index in [2.05, 4.69) is 15.1 Å². The van der Waals surface area contributed by atoms with Crippen LogP contribution in [0.2, 0.25) is 0 Å². The minimum atomic E-state index is -2.71. The van der Waals surface area contributed by atoms with Crippen LogP contribution < -0.4 is 0 Å². The molecule has 1 aliphatic rings. The Bertz CT molecular complexity index is 929. The second-order valence-corrected chi connectivity index (χ2v) is 7.83. The Morgan fingerprint density at radius 3 is 2.77 bits per heavy atom. The highest BCUT2D eigenvalue weighted by Crippen LogP contribution is 2.33. The highest BCUT2D eigenvalue weighted by Gasteiger charge is 2.27. The lowest BCUT2D eigenvalue weighted by Gasteiger charge is -2.06. The average molecular weight is 313 g/mol. The number of hydrogen-bond donors (Lipinski definition) is 1. The molecule has 0 saturated heterocycles. The molecule has 0 bridgehead atoms. The van der Waals surface area contributed by atoms with E-state index in [1.165, 1.54) is 6.33 Å². The highest BCUT2D eigenvalue weighted by atomic mass is 32.2. The first-order chi connectivity index (χ1) is 10.6. The van der Waals surface area contributed by atoms with Gasteiger partial charge in [-0.25, -0.2) is 23.6 Å². The molecule has 1 aromatic carbocycles. The van der Waals surface area contributed by atoms with Crippen molar-refractivity contribution in [2.45, 2.75) is 17.7 Å². The van der Waals surface area contributed by atoms with Crippen LogP contribution in [0, 0.1) is 10.7 Å². The smallest absolute Gasteiger partial charge is 0.115 e. The lowest BCUT2D eigenvalue weighted by molar-refractivity contribution is 0.671. The average Bonchev–Trinajstić information content (AvgIpc) is 3.21. The number of rotatable bonds is 4. The maximum atomic E-state index is 12.6. The van der Waals surface area contributed by atoms with E-state index in [1.54, 1.807) is 23.1 Å². The van der Waals surface area contributed by atoms with E-state index in [4.69, 9.17) is 4.78 Å². The molecule has 3 aromatic rings. The number of benzene rings is 1. The summed E-state index contributed by atoms with van der Waals surface area (Å²) in [6, 6.07) is 5.41. The summed E-state index contributed by atoms with van der Waals surface area (Å²) in [4.78, 5) is 8.55. The third-order valence-electron chi connectivity index (χ3n) is 3.84. The van der Waals surface area contributed by atoms with Crippen LogP contribution in [0.3, 0.4) is 0 Å². The maximum Gasteiger partial charge on any atom is 0.115 e. The zero-order valence-electron chi connectivity index (χ0n) is 11.8. The third-order valence-corrected chi connectivity index (χ3v) is 5.79. The second kappa shape index (κ2) is 4.88. The Labute approximate surface area is 128 Å². The molecule has 112 valence electrons. The molecule has 1 fully saturated rings. The molecule has 1 unspecified atom stereocenters. The van der Waals surface area contributed by atoms with Crippen LogP contribution in [0.15, 0.2) is 48.0 Å². The Morgan fingerprint density at radius 1 is 1.27 bits per heavy atom. The minimum Gasteiger partial charge on any atom is -0.249 e. The van der Waals surface area contributed by atoms with Gasteiger partial charge in [-0.1, -0.05) is 0 Å². The molecule has 0 spiro atoms. The van der Waals surface area contributed by atoms with Crippen molar-refractivity contribution in [2.75, 3.05) is 5.75 Å². The van der Waals surface area contributed by atoms with Crippen LogP contribution in [0.5, 0.6) is 0 Å². The van der Waals surface area contributed by atoms with E-state index >= 15 is 0 Å². The van der Waals surface area contributed by atoms with Crippen LogP contribution in [-0.2, 0) is 9.73 Å². The molecule has 4 rings (SSSR count). The fraction of sp³-hybridized carbons (Fsp3) is 0.267. The van der Waals surface area contributed by atoms with Gasteiger partial charge in [0.25, 0.3) is 0 Å². The fourth-order valence-electron chi connectivity index (χ4n) is 2.46. The normalized spacial score (nSPS) is 17.5. The van der Waals surface area contributed by atoms with Gasteiger partial charge in [-0.15, -0.1) is 0 Å². The number of hydrogen-bond acceptors (Lipinski definition) is 5.